The number of halogens is 1. The van der Waals surface area contributed by atoms with Gasteiger partial charge in [0.05, 0.1) is 23.1 Å². The summed E-state index contributed by atoms with van der Waals surface area (Å²) in [6, 6.07) is 3.99. The van der Waals surface area contributed by atoms with Crippen molar-refractivity contribution < 1.29 is 4.74 Å². The number of methoxy groups -OCH3 is 1. The monoisotopic (exact) mass is 241 g/mol. The van der Waals surface area contributed by atoms with Crippen molar-refractivity contribution in [2.75, 3.05) is 7.11 Å². The maximum atomic E-state index is 8.96. The average molecular weight is 242 g/mol. The van der Waals surface area contributed by atoms with Gasteiger partial charge in [0.15, 0.2) is 0 Å². The highest BCUT2D eigenvalue weighted by molar-refractivity contribution is 7.12. The van der Waals surface area contributed by atoms with Gasteiger partial charge in [-0.05, 0) is 17.9 Å². The lowest BCUT2D eigenvalue weighted by atomic mass is 10.1. The molecule has 0 saturated carbocycles. The van der Waals surface area contributed by atoms with Crippen molar-refractivity contribution in [1.29, 1.82) is 5.26 Å². The van der Waals surface area contributed by atoms with Crippen LogP contribution in [0.3, 0.4) is 0 Å². The molecule has 1 aromatic rings. The zero-order valence-corrected chi connectivity index (χ0v) is 10.3. The van der Waals surface area contributed by atoms with Crippen LogP contribution in [0.25, 0.3) is 5.03 Å². The van der Waals surface area contributed by atoms with Gasteiger partial charge in [-0.2, -0.15) is 5.26 Å². The Morgan fingerprint density at radius 3 is 2.93 bits per heavy atom. The van der Waals surface area contributed by atoms with E-state index in [2.05, 4.69) is 6.07 Å². The van der Waals surface area contributed by atoms with Crippen LogP contribution in [0.2, 0.25) is 0 Å². The molecule has 2 nitrogen and oxygen atoms in total. The highest BCUT2D eigenvalue weighted by Gasteiger charge is 2.12. The molecule has 4 heteroatoms. The van der Waals surface area contributed by atoms with Crippen LogP contribution in [0.1, 0.15) is 24.6 Å². The molecule has 0 radical (unpaired) electrons. The molecule has 0 saturated heterocycles. The quantitative estimate of drug-likeness (QED) is 0.746. The largest absolute Gasteiger partial charge is 0.495 e. The molecule has 0 fully saturated rings. The molecule has 0 aliphatic rings. The molecule has 0 N–H and O–H groups in total. The van der Waals surface area contributed by atoms with E-state index in [1.54, 1.807) is 7.11 Å². The van der Waals surface area contributed by atoms with Gasteiger partial charge in [0.1, 0.15) is 5.75 Å². The number of hydrogen-bond acceptors (Lipinski definition) is 3. The molecule has 1 rings (SSSR count). The Bertz CT molecular complexity index is 403. The fourth-order valence-electron chi connectivity index (χ4n) is 1.22. The first-order valence-electron chi connectivity index (χ1n) is 4.65. The molecule has 0 aliphatic carbocycles. The van der Waals surface area contributed by atoms with Crippen molar-refractivity contribution in [3.05, 3.63) is 21.9 Å². The fraction of sp³-hybridized carbons (Fsp3) is 0.364. The van der Waals surface area contributed by atoms with E-state index in [0.29, 0.717) is 17.0 Å². The predicted octanol–water partition coefficient (Wildman–Crippen LogP) is 4.03. The zero-order chi connectivity index (χ0) is 11.3. The SMILES string of the molecule is CCC/C(C#N)=C(/Cl)c1sccc1OC. The highest BCUT2D eigenvalue weighted by Crippen LogP contribution is 2.36. The Labute approximate surface area is 98.7 Å². The van der Waals surface area contributed by atoms with E-state index in [-0.39, 0.29) is 0 Å². The van der Waals surface area contributed by atoms with Gasteiger partial charge >= 0.3 is 0 Å². The van der Waals surface area contributed by atoms with E-state index >= 15 is 0 Å². The third-order valence-corrected chi connectivity index (χ3v) is 3.39. The average Bonchev–Trinajstić information content (AvgIpc) is 2.72. The number of ether oxygens (including phenoxy) is 1. The summed E-state index contributed by atoms with van der Waals surface area (Å²) < 4.78 is 5.16. The summed E-state index contributed by atoms with van der Waals surface area (Å²) >= 11 is 7.65. The first-order valence-corrected chi connectivity index (χ1v) is 5.91. The molecule has 0 aromatic carbocycles. The van der Waals surface area contributed by atoms with Crippen molar-refractivity contribution in [3.63, 3.8) is 0 Å². The number of nitriles is 1. The van der Waals surface area contributed by atoms with Crippen LogP contribution in [0, 0.1) is 11.3 Å². The highest BCUT2D eigenvalue weighted by atomic mass is 35.5. The van der Waals surface area contributed by atoms with Gasteiger partial charge in [-0.3, -0.25) is 0 Å². The summed E-state index contributed by atoms with van der Waals surface area (Å²) in [5.41, 5.74) is 0.625. The number of allylic oxidation sites excluding steroid dienone is 1. The van der Waals surface area contributed by atoms with Gasteiger partial charge in [0.25, 0.3) is 0 Å². The van der Waals surface area contributed by atoms with E-state index in [0.717, 1.165) is 17.0 Å². The first-order chi connectivity index (χ1) is 7.24. The zero-order valence-electron chi connectivity index (χ0n) is 8.71. The Morgan fingerprint density at radius 2 is 2.40 bits per heavy atom. The molecular weight excluding hydrogens is 230 g/mol. The van der Waals surface area contributed by atoms with Gasteiger partial charge in [-0.25, -0.2) is 0 Å². The number of thiophene rings is 1. The second kappa shape index (κ2) is 5.79. The summed E-state index contributed by atoms with van der Waals surface area (Å²) in [7, 11) is 1.60. The standard InChI is InChI=1S/C11H12ClNOS/c1-3-4-8(7-13)10(12)11-9(14-2)5-6-15-11/h5-6H,3-4H2,1-2H3/b10-8-. The van der Waals surface area contributed by atoms with Crippen molar-refractivity contribution in [1.82, 2.24) is 0 Å². The van der Waals surface area contributed by atoms with Crippen molar-refractivity contribution in [3.8, 4) is 11.8 Å². The van der Waals surface area contributed by atoms with E-state index in [1.165, 1.54) is 11.3 Å². The molecule has 1 aromatic heterocycles. The Kier molecular flexibility index (Phi) is 4.67. The molecule has 0 amide bonds. The Hall–Kier alpha value is -0.980. The third-order valence-electron chi connectivity index (χ3n) is 1.95. The van der Waals surface area contributed by atoms with E-state index < -0.39 is 0 Å². The van der Waals surface area contributed by atoms with E-state index in [9.17, 15) is 0 Å². The van der Waals surface area contributed by atoms with Gasteiger partial charge in [0.2, 0.25) is 0 Å². The minimum Gasteiger partial charge on any atom is -0.495 e. The number of nitrogens with zero attached hydrogens (tertiary/aromatic N) is 1. The lowest BCUT2D eigenvalue weighted by Crippen LogP contribution is -1.86. The maximum absolute atomic E-state index is 8.96. The van der Waals surface area contributed by atoms with Gasteiger partial charge < -0.3 is 4.74 Å². The van der Waals surface area contributed by atoms with Gasteiger partial charge in [-0.15, -0.1) is 11.3 Å². The predicted molar refractivity (Wildman–Crippen MR) is 64.2 cm³/mol. The van der Waals surface area contributed by atoms with Crippen molar-refractivity contribution >= 4 is 28.0 Å². The number of rotatable bonds is 4. The molecule has 0 spiro atoms. The van der Waals surface area contributed by atoms with E-state index in [1.807, 2.05) is 18.4 Å². The molecule has 0 atom stereocenters. The topological polar surface area (TPSA) is 33.0 Å². The Morgan fingerprint density at radius 1 is 1.67 bits per heavy atom. The molecule has 0 unspecified atom stereocenters. The van der Waals surface area contributed by atoms with Crippen LogP contribution < -0.4 is 4.74 Å². The summed E-state index contributed by atoms with van der Waals surface area (Å²) in [6.45, 7) is 2.02. The van der Waals surface area contributed by atoms with Crippen LogP contribution in [0.15, 0.2) is 17.0 Å². The van der Waals surface area contributed by atoms with Crippen LogP contribution in [0.4, 0.5) is 0 Å². The molecular formula is C11H12ClNOS. The fourth-order valence-corrected chi connectivity index (χ4v) is 2.41. The summed E-state index contributed by atoms with van der Waals surface area (Å²) in [5.74, 6) is 0.730. The molecule has 0 aliphatic heterocycles. The van der Waals surface area contributed by atoms with E-state index in [4.69, 9.17) is 21.6 Å². The normalized spacial score (nSPS) is 11.9. The molecule has 1 heterocycles. The van der Waals surface area contributed by atoms with Crippen LogP contribution in [0.5, 0.6) is 5.75 Å². The summed E-state index contributed by atoms with van der Waals surface area (Å²) in [6.07, 6.45) is 1.61. The van der Waals surface area contributed by atoms with Crippen LogP contribution in [-0.2, 0) is 0 Å². The lowest BCUT2D eigenvalue weighted by Gasteiger charge is -2.03. The molecule has 15 heavy (non-hydrogen) atoms. The number of hydrogen-bond donors (Lipinski definition) is 0. The smallest absolute Gasteiger partial charge is 0.138 e. The van der Waals surface area contributed by atoms with Crippen LogP contribution >= 0.6 is 22.9 Å². The summed E-state index contributed by atoms with van der Waals surface area (Å²) in [4.78, 5) is 0.837. The first kappa shape index (κ1) is 12.1. The summed E-state index contributed by atoms with van der Waals surface area (Å²) in [5, 5.41) is 11.4. The molecule has 80 valence electrons. The lowest BCUT2D eigenvalue weighted by molar-refractivity contribution is 0.416. The minimum absolute atomic E-state index is 0.520. The van der Waals surface area contributed by atoms with Crippen molar-refractivity contribution in [2.24, 2.45) is 0 Å². The van der Waals surface area contributed by atoms with Crippen molar-refractivity contribution in [2.45, 2.75) is 19.8 Å². The second-order valence-corrected chi connectivity index (χ2v) is 4.27. The minimum atomic E-state index is 0.520. The third kappa shape index (κ3) is 2.74. The maximum Gasteiger partial charge on any atom is 0.138 e. The second-order valence-electron chi connectivity index (χ2n) is 2.97. The van der Waals surface area contributed by atoms with Gasteiger partial charge in [0, 0.05) is 5.57 Å². The Balaban J connectivity index is 3.11. The van der Waals surface area contributed by atoms with Gasteiger partial charge in [-0.1, -0.05) is 24.9 Å². The van der Waals surface area contributed by atoms with Crippen LogP contribution in [-0.4, -0.2) is 7.11 Å². The molecule has 0 bridgehead atoms.